The Morgan fingerprint density at radius 1 is 1.11 bits per heavy atom. The van der Waals surface area contributed by atoms with Gasteiger partial charge in [-0.1, -0.05) is 24.3 Å². The number of fused-ring (bicyclic) bond motifs is 1. The minimum atomic E-state index is 0.220. The zero-order chi connectivity index (χ0) is 19.5. The summed E-state index contributed by atoms with van der Waals surface area (Å²) in [6.45, 7) is 2.59. The molecule has 0 bridgehead atoms. The van der Waals surface area contributed by atoms with E-state index >= 15 is 0 Å². The largest absolute Gasteiger partial charge is 0.497 e. The normalized spacial score (nSPS) is 18.9. The number of nitrogens with zero attached hydrogens (tertiary/aromatic N) is 2. The Morgan fingerprint density at radius 2 is 1.96 bits per heavy atom. The summed E-state index contributed by atoms with van der Waals surface area (Å²) >= 11 is 0. The van der Waals surface area contributed by atoms with Crippen molar-refractivity contribution in [1.82, 2.24) is 4.90 Å². The molecule has 5 nitrogen and oxygen atoms in total. The summed E-state index contributed by atoms with van der Waals surface area (Å²) in [7, 11) is 3.37. The van der Waals surface area contributed by atoms with Gasteiger partial charge in [-0.2, -0.15) is 0 Å². The van der Waals surface area contributed by atoms with Crippen LogP contribution in [0.4, 0.5) is 5.69 Å². The van der Waals surface area contributed by atoms with E-state index in [9.17, 15) is 4.79 Å². The molecule has 0 N–H and O–H groups in total. The number of ether oxygens (including phenoxy) is 2. The maximum absolute atomic E-state index is 12.9. The third-order valence-corrected chi connectivity index (χ3v) is 5.96. The standard InChI is InChI=1S/C23H28N2O3/c1-27-18-9-10-19(22(16-18)28-2)21-8-5-13-24(21)14-12-23(26)25-15-11-17-6-3-4-7-20(17)25/h3-4,6-7,9-10,16,21H,5,8,11-15H2,1-2H3/t21-/m1/s1. The first kappa shape index (κ1) is 18.8. The predicted octanol–water partition coefficient (Wildman–Crippen LogP) is 3.82. The van der Waals surface area contributed by atoms with E-state index < -0.39 is 0 Å². The molecule has 0 radical (unpaired) electrons. The molecule has 2 heterocycles. The summed E-state index contributed by atoms with van der Waals surface area (Å²) in [5.41, 5.74) is 3.54. The molecule has 148 valence electrons. The molecule has 1 fully saturated rings. The molecule has 2 aliphatic rings. The van der Waals surface area contributed by atoms with Gasteiger partial charge < -0.3 is 14.4 Å². The van der Waals surface area contributed by atoms with Gasteiger partial charge in [-0.15, -0.1) is 0 Å². The van der Waals surface area contributed by atoms with Crippen LogP contribution in [0, 0.1) is 0 Å². The average Bonchev–Trinajstić information content (AvgIpc) is 3.38. The number of amides is 1. The van der Waals surface area contributed by atoms with E-state index in [-0.39, 0.29) is 5.91 Å². The van der Waals surface area contributed by atoms with Crippen LogP contribution in [0.5, 0.6) is 11.5 Å². The van der Waals surface area contributed by atoms with Crippen molar-refractivity contribution in [3.8, 4) is 11.5 Å². The Labute approximate surface area is 166 Å². The molecule has 1 amide bonds. The van der Waals surface area contributed by atoms with Crippen LogP contribution in [0.2, 0.25) is 0 Å². The Hall–Kier alpha value is -2.53. The highest BCUT2D eigenvalue weighted by Crippen LogP contribution is 2.38. The minimum absolute atomic E-state index is 0.220. The lowest BCUT2D eigenvalue weighted by Crippen LogP contribution is -2.33. The van der Waals surface area contributed by atoms with E-state index in [2.05, 4.69) is 23.1 Å². The number of anilines is 1. The van der Waals surface area contributed by atoms with E-state index in [4.69, 9.17) is 9.47 Å². The molecule has 2 aliphatic heterocycles. The van der Waals surface area contributed by atoms with Crippen LogP contribution in [0.1, 0.15) is 36.4 Å². The molecule has 2 aromatic rings. The Balaban J connectivity index is 1.43. The van der Waals surface area contributed by atoms with Crippen LogP contribution >= 0.6 is 0 Å². The average molecular weight is 380 g/mol. The quantitative estimate of drug-likeness (QED) is 0.764. The van der Waals surface area contributed by atoms with Crippen molar-refractivity contribution in [2.45, 2.75) is 31.7 Å². The van der Waals surface area contributed by atoms with Crippen LogP contribution in [-0.4, -0.2) is 44.7 Å². The fourth-order valence-corrected chi connectivity index (χ4v) is 4.51. The number of carbonyl (C=O) groups is 1. The molecular weight excluding hydrogens is 352 g/mol. The van der Waals surface area contributed by atoms with E-state index in [0.29, 0.717) is 12.5 Å². The predicted molar refractivity (Wildman–Crippen MR) is 110 cm³/mol. The summed E-state index contributed by atoms with van der Waals surface area (Å²) in [6.07, 6.45) is 3.73. The molecule has 1 atom stereocenters. The summed E-state index contributed by atoms with van der Waals surface area (Å²) in [4.78, 5) is 17.2. The van der Waals surface area contributed by atoms with Crippen LogP contribution in [0.15, 0.2) is 42.5 Å². The number of methoxy groups -OCH3 is 2. The van der Waals surface area contributed by atoms with Crippen LogP contribution in [0.25, 0.3) is 0 Å². The van der Waals surface area contributed by atoms with Gasteiger partial charge in [0, 0.05) is 42.9 Å². The number of rotatable bonds is 6. The van der Waals surface area contributed by atoms with E-state index in [0.717, 1.165) is 56.1 Å². The molecule has 0 spiro atoms. The van der Waals surface area contributed by atoms with E-state index in [1.807, 2.05) is 29.2 Å². The Morgan fingerprint density at radius 3 is 2.79 bits per heavy atom. The molecular formula is C23H28N2O3. The summed E-state index contributed by atoms with van der Waals surface area (Å²) < 4.78 is 10.9. The molecule has 5 heteroatoms. The molecule has 0 unspecified atom stereocenters. The second-order valence-corrected chi connectivity index (χ2v) is 7.48. The molecule has 28 heavy (non-hydrogen) atoms. The number of hydrogen-bond acceptors (Lipinski definition) is 4. The van der Waals surface area contributed by atoms with Gasteiger partial charge in [-0.3, -0.25) is 9.69 Å². The van der Waals surface area contributed by atoms with Crippen LogP contribution in [0.3, 0.4) is 0 Å². The van der Waals surface area contributed by atoms with Gasteiger partial charge >= 0.3 is 0 Å². The highest BCUT2D eigenvalue weighted by molar-refractivity contribution is 5.95. The lowest BCUT2D eigenvalue weighted by molar-refractivity contribution is -0.118. The highest BCUT2D eigenvalue weighted by atomic mass is 16.5. The molecule has 0 saturated carbocycles. The lowest BCUT2D eigenvalue weighted by Gasteiger charge is -2.27. The summed E-state index contributed by atoms with van der Waals surface area (Å²) in [6, 6.07) is 14.6. The van der Waals surface area contributed by atoms with Gasteiger partial charge in [0.25, 0.3) is 0 Å². The van der Waals surface area contributed by atoms with Crippen molar-refractivity contribution in [2.75, 3.05) is 38.8 Å². The SMILES string of the molecule is COc1ccc([C@H]2CCCN2CCC(=O)N2CCc3ccccc32)c(OC)c1. The fourth-order valence-electron chi connectivity index (χ4n) is 4.51. The molecule has 1 saturated heterocycles. The first-order valence-corrected chi connectivity index (χ1v) is 10.1. The maximum atomic E-state index is 12.9. The van der Waals surface area contributed by atoms with Gasteiger partial charge in [0.15, 0.2) is 0 Å². The lowest BCUT2D eigenvalue weighted by atomic mass is 10.0. The van der Waals surface area contributed by atoms with Crippen molar-refractivity contribution in [1.29, 1.82) is 0 Å². The molecule has 4 rings (SSSR count). The summed E-state index contributed by atoms with van der Waals surface area (Å²) in [5, 5.41) is 0. The molecule has 0 aromatic heterocycles. The number of para-hydroxylation sites is 1. The third-order valence-electron chi connectivity index (χ3n) is 5.96. The van der Waals surface area contributed by atoms with Crippen molar-refractivity contribution in [3.63, 3.8) is 0 Å². The van der Waals surface area contributed by atoms with Crippen molar-refractivity contribution < 1.29 is 14.3 Å². The maximum Gasteiger partial charge on any atom is 0.228 e. The van der Waals surface area contributed by atoms with Gasteiger partial charge in [-0.25, -0.2) is 0 Å². The van der Waals surface area contributed by atoms with Gasteiger partial charge in [0.05, 0.1) is 14.2 Å². The third kappa shape index (κ3) is 3.59. The smallest absolute Gasteiger partial charge is 0.228 e. The highest BCUT2D eigenvalue weighted by Gasteiger charge is 2.30. The number of likely N-dealkylation sites (tertiary alicyclic amines) is 1. The second-order valence-electron chi connectivity index (χ2n) is 7.48. The second kappa shape index (κ2) is 8.23. The Kier molecular flexibility index (Phi) is 5.53. The van der Waals surface area contributed by atoms with Crippen LogP contribution < -0.4 is 14.4 Å². The van der Waals surface area contributed by atoms with Crippen molar-refractivity contribution in [2.24, 2.45) is 0 Å². The van der Waals surface area contributed by atoms with Gasteiger partial charge in [0.2, 0.25) is 5.91 Å². The number of benzene rings is 2. The zero-order valence-electron chi connectivity index (χ0n) is 16.7. The zero-order valence-corrected chi connectivity index (χ0v) is 16.7. The topological polar surface area (TPSA) is 42.0 Å². The molecule has 0 aliphatic carbocycles. The first-order valence-electron chi connectivity index (χ1n) is 10.1. The van der Waals surface area contributed by atoms with E-state index in [1.54, 1.807) is 14.2 Å². The Bertz CT molecular complexity index is 851. The minimum Gasteiger partial charge on any atom is -0.497 e. The number of carbonyl (C=O) groups excluding carboxylic acids is 1. The molecule has 2 aromatic carbocycles. The fraction of sp³-hybridized carbons (Fsp3) is 0.435. The van der Waals surface area contributed by atoms with E-state index in [1.165, 1.54) is 11.1 Å². The first-order chi connectivity index (χ1) is 13.7. The van der Waals surface area contributed by atoms with Crippen molar-refractivity contribution >= 4 is 11.6 Å². The van der Waals surface area contributed by atoms with Gasteiger partial charge in [-0.05, 0) is 43.5 Å². The summed E-state index contributed by atoms with van der Waals surface area (Å²) in [5.74, 6) is 1.88. The van der Waals surface area contributed by atoms with Crippen molar-refractivity contribution in [3.05, 3.63) is 53.6 Å². The monoisotopic (exact) mass is 380 g/mol. The van der Waals surface area contributed by atoms with Crippen LogP contribution in [-0.2, 0) is 11.2 Å². The van der Waals surface area contributed by atoms with Gasteiger partial charge in [0.1, 0.15) is 11.5 Å². The number of hydrogen-bond donors (Lipinski definition) is 0.